The molecule has 1 aromatic carbocycles. The van der Waals surface area contributed by atoms with Crippen molar-refractivity contribution in [2.45, 2.75) is 19.4 Å². The third-order valence-electron chi connectivity index (χ3n) is 2.96. The number of halogens is 1. The van der Waals surface area contributed by atoms with E-state index in [1.165, 1.54) is 13.2 Å². The lowest BCUT2D eigenvalue weighted by atomic mass is 10.1. The number of nitrogens with one attached hydrogen (secondary N) is 1. The Morgan fingerprint density at radius 1 is 1.50 bits per heavy atom. The van der Waals surface area contributed by atoms with E-state index in [-0.39, 0.29) is 23.0 Å². The number of carbonyl (C=O) groups is 1. The van der Waals surface area contributed by atoms with Gasteiger partial charge in [-0.25, -0.2) is 9.18 Å². The molecule has 1 aromatic rings. The van der Waals surface area contributed by atoms with Crippen molar-refractivity contribution in [2.75, 3.05) is 38.8 Å². The summed E-state index contributed by atoms with van der Waals surface area (Å²) >= 11 is 0. The minimum atomic E-state index is -0.577. The number of carbonyl (C=O) groups excluding carboxylic acids is 1. The Hall–Kier alpha value is -1.82. The molecule has 0 saturated heterocycles. The summed E-state index contributed by atoms with van der Waals surface area (Å²) in [6.07, 6.45) is 0.852. The van der Waals surface area contributed by atoms with Crippen molar-refractivity contribution >= 4 is 17.3 Å². The normalized spacial score (nSPS) is 12.3. The number of anilines is 2. The number of hydrogen-bond acceptors (Lipinski definition) is 5. The van der Waals surface area contributed by atoms with E-state index in [9.17, 15) is 9.18 Å². The van der Waals surface area contributed by atoms with Gasteiger partial charge in [0.2, 0.25) is 0 Å². The lowest BCUT2D eigenvalue weighted by Gasteiger charge is -2.19. The number of nitrogens with zero attached hydrogens (tertiary/aromatic N) is 1. The Morgan fingerprint density at radius 3 is 2.70 bits per heavy atom. The third-order valence-corrected chi connectivity index (χ3v) is 2.96. The Morgan fingerprint density at radius 2 is 2.15 bits per heavy atom. The highest BCUT2D eigenvalue weighted by atomic mass is 19.1. The number of nitrogen functional groups attached to an aromatic ring is 1. The van der Waals surface area contributed by atoms with Crippen LogP contribution in [0.5, 0.6) is 0 Å². The van der Waals surface area contributed by atoms with Crippen molar-refractivity contribution in [1.82, 2.24) is 4.90 Å². The molecule has 0 amide bonds. The first-order valence-corrected chi connectivity index (χ1v) is 6.43. The molecule has 0 aliphatic carbocycles. The number of rotatable bonds is 6. The summed E-state index contributed by atoms with van der Waals surface area (Å²) in [5.74, 6) is -1.06. The van der Waals surface area contributed by atoms with E-state index in [1.807, 2.05) is 21.0 Å². The number of benzene rings is 1. The molecule has 0 radical (unpaired) electrons. The Kier molecular flexibility index (Phi) is 5.76. The highest BCUT2D eigenvalue weighted by Crippen LogP contribution is 2.23. The van der Waals surface area contributed by atoms with Crippen molar-refractivity contribution in [3.05, 3.63) is 23.5 Å². The molecule has 0 bridgehead atoms. The van der Waals surface area contributed by atoms with Gasteiger partial charge in [-0.3, -0.25) is 0 Å². The molecule has 0 saturated carbocycles. The quantitative estimate of drug-likeness (QED) is 0.617. The fraction of sp³-hybridized carbons (Fsp3) is 0.500. The van der Waals surface area contributed by atoms with Gasteiger partial charge in [-0.1, -0.05) is 0 Å². The summed E-state index contributed by atoms with van der Waals surface area (Å²) in [6.45, 7) is 2.84. The second-order valence-corrected chi connectivity index (χ2v) is 5.05. The van der Waals surface area contributed by atoms with Gasteiger partial charge in [0.25, 0.3) is 0 Å². The van der Waals surface area contributed by atoms with Gasteiger partial charge in [0.15, 0.2) is 0 Å². The number of nitrogens with two attached hydrogens (primary N) is 1. The molecule has 0 fully saturated rings. The van der Waals surface area contributed by atoms with Crippen LogP contribution < -0.4 is 11.1 Å². The predicted molar refractivity (Wildman–Crippen MR) is 78.4 cm³/mol. The van der Waals surface area contributed by atoms with Gasteiger partial charge in [0, 0.05) is 11.7 Å². The second kappa shape index (κ2) is 7.09. The lowest BCUT2D eigenvalue weighted by Crippen LogP contribution is -2.23. The van der Waals surface area contributed by atoms with E-state index < -0.39 is 11.8 Å². The summed E-state index contributed by atoms with van der Waals surface area (Å²) in [4.78, 5) is 13.6. The van der Waals surface area contributed by atoms with Crippen LogP contribution in [0.1, 0.15) is 23.7 Å². The maximum absolute atomic E-state index is 13.9. The zero-order valence-corrected chi connectivity index (χ0v) is 12.4. The highest BCUT2D eigenvalue weighted by molar-refractivity contribution is 5.96. The molecule has 0 heterocycles. The highest BCUT2D eigenvalue weighted by Gasteiger charge is 2.15. The van der Waals surface area contributed by atoms with Gasteiger partial charge in [-0.2, -0.15) is 0 Å². The number of ether oxygens (including phenoxy) is 1. The predicted octanol–water partition coefficient (Wildman–Crippen LogP) is 1.95. The summed E-state index contributed by atoms with van der Waals surface area (Å²) in [5.41, 5.74) is 6.11. The van der Waals surface area contributed by atoms with Crippen molar-refractivity contribution in [1.29, 1.82) is 0 Å². The molecule has 1 atom stereocenters. The van der Waals surface area contributed by atoms with Crippen molar-refractivity contribution in [2.24, 2.45) is 0 Å². The molecule has 112 valence electrons. The van der Waals surface area contributed by atoms with Gasteiger partial charge < -0.3 is 20.7 Å². The standard InChI is InChI=1S/C14H22FN3O2/c1-9(5-6-18(2)3)17-13-7-10(14(19)20-4)12(16)8-11(13)15/h7-9,17H,5-6,16H2,1-4H3. The van der Waals surface area contributed by atoms with E-state index in [0.717, 1.165) is 19.0 Å². The average Bonchev–Trinajstić information content (AvgIpc) is 2.38. The molecule has 0 aliphatic rings. The molecule has 1 unspecified atom stereocenters. The first kappa shape index (κ1) is 16.2. The van der Waals surface area contributed by atoms with Crippen LogP contribution in [-0.2, 0) is 4.74 Å². The molecule has 6 heteroatoms. The van der Waals surface area contributed by atoms with Crippen LogP contribution in [0.3, 0.4) is 0 Å². The van der Waals surface area contributed by atoms with Crippen LogP contribution >= 0.6 is 0 Å². The molecule has 0 spiro atoms. The smallest absolute Gasteiger partial charge is 0.340 e. The fourth-order valence-electron chi connectivity index (χ4n) is 1.78. The number of hydrogen-bond donors (Lipinski definition) is 2. The van der Waals surface area contributed by atoms with E-state index in [1.54, 1.807) is 0 Å². The minimum absolute atomic E-state index is 0.0702. The lowest BCUT2D eigenvalue weighted by molar-refractivity contribution is 0.0602. The largest absolute Gasteiger partial charge is 0.465 e. The van der Waals surface area contributed by atoms with E-state index in [0.29, 0.717) is 0 Å². The van der Waals surface area contributed by atoms with Crippen LogP contribution in [0.4, 0.5) is 15.8 Å². The maximum atomic E-state index is 13.9. The fourth-order valence-corrected chi connectivity index (χ4v) is 1.78. The van der Waals surface area contributed by atoms with Crippen molar-refractivity contribution in [3.8, 4) is 0 Å². The molecular formula is C14H22FN3O2. The Balaban J connectivity index is 2.86. The van der Waals surface area contributed by atoms with Crippen LogP contribution in [0, 0.1) is 5.82 Å². The molecule has 1 rings (SSSR count). The number of esters is 1. The molecule has 0 aliphatic heterocycles. The van der Waals surface area contributed by atoms with E-state index in [2.05, 4.69) is 15.0 Å². The first-order valence-electron chi connectivity index (χ1n) is 6.43. The van der Waals surface area contributed by atoms with E-state index in [4.69, 9.17) is 5.73 Å². The Labute approximate surface area is 118 Å². The topological polar surface area (TPSA) is 67.6 Å². The molecule has 20 heavy (non-hydrogen) atoms. The van der Waals surface area contributed by atoms with Gasteiger partial charge in [-0.15, -0.1) is 0 Å². The minimum Gasteiger partial charge on any atom is -0.465 e. The van der Waals surface area contributed by atoms with Crippen molar-refractivity contribution in [3.63, 3.8) is 0 Å². The Bertz CT molecular complexity index is 478. The van der Waals surface area contributed by atoms with Gasteiger partial charge in [0.05, 0.1) is 18.4 Å². The summed E-state index contributed by atoms with van der Waals surface area (Å²) in [7, 11) is 5.22. The number of methoxy groups -OCH3 is 1. The van der Waals surface area contributed by atoms with Crippen LogP contribution in [0.2, 0.25) is 0 Å². The maximum Gasteiger partial charge on any atom is 0.340 e. The van der Waals surface area contributed by atoms with Gasteiger partial charge >= 0.3 is 5.97 Å². The molecule has 0 aromatic heterocycles. The second-order valence-electron chi connectivity index (χ2n) is 5.05. The van der Waals surface area contributed by atoms with E-state index >= 15 is 0 Å². The summed E-state index contributed by atoms with van der Waals surface area (Å²) < 4.78 is 18.5. The van der Waals surface area contributed by atoms with Crippen LogP contribution in [-0.4, -0.2) is 44.7 Å². The van der Waals surface area contributed by atoms with Gasteiger partial charge in [-0.05, 0) is 46.1 Å². The van der Waals surface area contributed by atoms with Crippen LogP contribution in [0.15, 0.2) is 12.1 Å². The first-order chi connectivity index (χ1) is 9.35. The zero-order chi connectivity index (χ0) is 15.3. The molecular weight excluding hydrogens is 261 g/mol. The molecule has 3 N–H and O–H groups in total. The molecule has 5 nitrogen and oxygen atoms in total. The SMILES string of the molecule is COC(=O)c1cc(NC(C)CCN(C)C)c(F)cc1N. The zero-order valence-electron chi connectivity index (χ0n) is 12.4. The third kappa shape index (κ3) is 4.38. The average molecular weight is 283 g/mol. The summed E-state index contributed by atoms with van der Waals surface area (Å²) in [6, 6.07) is 2.59. The van der Waals surface area contributed by atoms with Crippen LogP contribution in [0.25, 0.3) is 0 Å². The van der Waals surface area contributed by atoms with Crippen molar-refractivity contribution < 1.29 is 13.9 Å². The van der Waals surface area contributed by atoms with Gasteiger partial charge in [0.1, 0.15) is 5.82 Å². The summed E-state index contributed by atoms with van der Waals surface area (Å²) in [5, 5.41) is 3.05. The monoisotopic (exact) mass is 283 g/mol.